The van der Waals surface area contributed by atoms with E-state index in [-0.39, 0.29) is 25.7 Å². The fourth-order valence-electron chi connectivity index (χ4n) is 10.0. The van der Waals surface area contributed by atoms with E-state index >= 15 is 0 Å². The summed E-state index contributed by atoms with van der Waals surface area (Å²) in [7, 11) is -9.89. The second-order valence-electron chi connectivity index (χ2n) is 24.9. The molecule has 510 valence electrons. The molecule has 0 radical (unpaired) electrons. The lowest BCUT2D eigenvalue weighted by atomic mass is 9.99. The molecular weight excluding hydrogens is 1140 g/mol. The number of aliphatic hydroxyl groups is 1. The third-order valence-electron chi connectivity index (χ3n) is 15.8. The van der Waals surface area contributed by atoms with Crippen LogP contribution in [0.1, 0.15) is 337 Å². The van der Waals surface area contributed by atoms with Crippen LogP contribution < -0.4 is 0 Å². The average Bonchev–Trinajstić information content (AvgIpc) is 3.61. The first-order valence-corrected chi connectivity index (χ1v) is 38.0. The molecule has 0 heterocycles. The van der Waals surface area contributed by atoms with Crippen molar-refractivity contribution in [1.29, 1.82) is 0 Å². The summed E-state index contributed by atoms with van der Waals surface area (Å²) in [5, 5.41) is 10.5. The van der Waals surface area contributed by atoms with Crippen molar-refractivity contribution in [2.45, 2.75) is 355 Å². The van der Waals surface area contributed by atoms with Crippen LogP contribution in [0.5, 0.6) is 0 Å². The number of ether oxygens (including phenoxy) is 4. The van der Waals surface area contributed by atoms with Crippen LogP contribution in [0.15, 0.2) is 0 Å². The molecule has 0 saturated heterocycles. The van der Waals surface area contributed by atoms with Gasteiger partial charge in [0.05, 0.1) is 26.4 Å². The summed E-state index contributed by atoms with van der Waals surface area (Å²) in [6.45, 7) is 9.51. The van der Waals surface area contributed by atoms with E-state index in [0.717, 1.165) is 115 Å². The van der Waals surface area contributed by atoms with E-state index in [0.29, 0.717) is 25.7 Å². The zero-order valence-electron chi connectivity index (χ0n) is 55.6. The number of hydrogen-bond donors (Lipinski definition) is 3. The number of carbonyl (C=O) groups excluding carboxylic acids is 4. The van der Waals surface area contributed by atoms with Gasteiger partial charge in [-0.2, -0.15) is 0 Å². The largest absolute Gasteiger partial charge is 0.472 e. The topological polar surface area (TPSA) is 237 Å². The van der Waals surface area contributed by atoms with Gasteiger partial charge in [0.2, 0.25) is 0 Å². The van der Waals surface area contributed by atoms with Gasteiger partial charge in [0.1, 0.15) is 19.3 Å². The summed E-state index contributed by atoms with van der Waals surface area (Å²) < 4.78 is 68.0. The molecule has 0 aliphatic carbocycles. The normalized spacial score (nSPS) is 14.5. The van der Waals surface area contributed by atoms with E-state index in [4.69, 9.17) is 37.0 Å². The monoisotopic (exact) mass is 1270 g/mol. The van der Waals surface area contributed by atoms with Crippen molar-refractivity contribution in [1.82, 2.24) is 0 Å². The smallest absolute Gasteiger partial charge is 0.462 e. The number of rotatable bonds is 66. The third kappa shape index (κ3) is 59.7. The predicted octanol–water partition coefficient (Wildman–Crippen LogP) is 18.8. The summed E-state index contributed by atoms with van der Waals surface area (Å²) in [5.74, 6) is -0.546. The van der Waals surface area contributed by atoms with Gasteiger partial charge in [-0.25, -0.2) is 9.13 Å². The third-order valence-corrected chi connectivity index (χ3v) is 17.7. The number of aliphatic hydroxyl groups excluding tert-OH is 1. The lowest BCUT2D eigenvalue weighted by Crippen LogP contribution is -2.30. The Labute approximate surface area is 524 Å². The Bertz CT molecular complexity index is 1690. The van der Waals surface area contributed by atoms with Gasteiger partial charge in [-0.15, -0.1) is 0 Å². The number of esters is 4. The van der Waals surface area contributed by atoms with E-state index in [1.807, 2.05) is 0 Å². The Balaban J connectivity index is 5.22. The van der Waals surface area contributed by atoms with Crippen molar-refractivity contribution in [3.8, 4) is 0 Å². The van der Waals surface area contributed by atoms with Crippen LogP contribution in [-0.2, 0) is 65.4 Å². The number of hydrogen-bond acceptors (Lipinski definition) is 15. The molecule has 0 spiro atoms. The van der Waals surface area contributed by atoms with Gasteiger partial charge in [0.25, 0.3) is 0 Å². The van der Waals surface area contributed by atoms with Gasteiger partial charge in [0.15, 0.2) is 12.2 Å². The highest BCUT2D eigenvalue weighted by atomic mass is 31.2. The van der Waals surface area contributed by atoms with E-state index in [1.165, 1.54) is 141 Å². The van der Waals surface area contributed by atoms with Gasteiger partial charge in [-0.1, -0.05) is 286 Å². The molecule has 0 amide bonds. The molecule has 17 nitrogen and oxygen atoms in total. The van der Waals surface area contributed by atoms with E-state index in [9.17, 15) is 43.2 Å². The van der Waals surface area contributed by atoms with E-state index in [1.54, 1.807) is 0 Å². The first-order chi connectivity index (χ1) is 41.4. The first-order valence-electron chi connectivity index (χ1n) is 35.0. The molecule has 0 aliphatic heterocycles. The lowest BCUT2D eigenvalue weighted by Gasteiger charge is -2.21. The summed E-state index contributed by atoms with van der Waals surface area (Å²) >= 11 is 0. The zero-order chi connectivity index (χ0) is 63.6. The molecule has 0 aromatic heterocycles. The van der Waals surface area contributed by atoms with Gasteiger partial charge in [0, 0.05) is 25.7 Å². The molecule has 0 aromatic carbocycles. The van der Waals surface area contributed by atoms with Crippen molar-refractivity contribution in [2.75, 3.05) is 39.6 Å². The highest BCUT2D eigenvalue weighted by Crippen LogP contribution is 2.45. The van der Waals surface area contributed by atoms with Crippen molar-refractivity contribution in [3.05, 3.63) is 0 Å². The predicted molar refractivity (Wildman–Crippen MR) is 345 cm³/mol. The highest BCUT2D eigenvalue weighted by molar-refractivity contribution is 7.47. The number of phosphoric ester groups is 2. The van der Waals surface area contributed by atoms with Crippen LogP contribution in [0.2, 0.25) is 0 Å². The van der Waals surface area contributed by atoms with Crippen LogP contribution >= 0.6 is 15.6 Å². The summed E-state index contributed by atoms with van der Waals surface area (Å²) in [5.41, 5.74) is 0. The maximum atomic E-state index is 13.0. The van der Waals surface area contributed by atoms with Gasteiger partial charge in [-0.05, 0) is 37.5 Å². The molecule has 3 unspecified atom stereocenters. The Morgan fingerprint density at radius 3 is 0.884 bits per heavy atom. The van der Waals surface area contributed by atoms with Crippen LogP contribution in [0, 0.1) is 11.8 Å². The fourth-order valence-corrected chi connectivity index (χ4v) is 11.6. The summed E-state index contributed by atoms with van der Waals surface area (Å²) in [6, 6.07) is 0. The maximum Gasteiger partial charge on any atom is 0.472 e. The number of phosphoric acid groups is 2. The molecule has 0 aliphatic rings. The molecular formula is C67H130O17P2. The van der Waals surface area contributed by atoms with Crippen molar-refractivity contribution >= 4 is 39.5 Å². The van der Waals surface area contributed by atoms with Gasteiger partial charge >= 0.3 is 39.5 Å². The summed E-state index contributed by atoms with van der Waals surface area (Å²) in [6.07, 6.45) is 43.0. The van der Waals surface area contributed by atoms with Gasteiger partial charge in [-0.3, -0.25) is 37.3 Å². The Morgan fingerprint density at radius 2 is 0.593 bits per heavy atom. The van der Waals surface area contributed by atoms with E-state index < -0.39 is 97.5 Å². The second-order valence-corrected chi connectivity index (χ2v) is 27.8. The SMILES string of the molecule is CCCCCCCCCCCCC(=O)O[C@H](COC(=O)CCCCCCCCC)COP(=O)(O)OC[C@H](O)COP(=O)(O)OC[C@@H](COC(=O)CCCCCCCCCCCCC(C)CC)OC(=O)CCCCCCCCCCCCCCC(C)C. The molecule has 0 rings (SSSR count). The minimum Gasteiger partial charge on any atom is -0.462 e. The molecule has 19 heteroatoms. The molecule has 86 heavy (non-hydrogen) atoms. The fraction of sp³-hybridized carbons (Fsp3) is 0.940. The Morgan fingerprint density at radius 1 is 0.337 bits per heavy atom. The van der Waals surface area contributed by atoms with Crippen LogP contribution in [0.25, 0.3) is 0 Å². The molecule has 0 aromatic rings. The zero-order valence-corrected chi connectivity index (χ0v) is 57.4. The standard InChI is InChI=1S/C67H130O17P2/c1-7-10-12-14-16-17-26-33-39-45-51-66(71)83-62(55-77-64(69)49-43-37-29-15-13-11-8-2)57-81-85(73,74)79-53-61(68)54-80-86(75,76)82-58-63(56-78-65(70)50-44-38-32-27-23-22-25-31-36-42-48-60(6)9-3)84-67(72)52-46-40-34-28-21-19-18-20-24-30-35-41-47-59(4)5/h59-63,68H,7-58H2,1-6H3,(H,73,74)(H,75,76)/t60?,61-,62+,63+/m0/s1. The average molecular weight is 1270 g/mol. The van der Waals surface area contributed by atoms with Crippen molar-refractivity contribution in [2.24, 2.45) is 11.8 Å². The maximum absolute atomic E-state index is 13.0. The Kier molecular flexibility index (Phi) is 58.0. The van der Waals surface area contributed by atoms with Gasteiger partial charge < -0.3 is 33.8 Å². The second kappa shape index (κ2) is 59.4. The van der Waals surface area contributed by atoms with Crippen molar-refractivity contribution < 1.29 is 80.2 Å². The molecule has 0 bridgehead atoms. The van der Waals surface area contributed by atoms with E-state index in [2.05, 4.69) is 41.5 Å². The molecule has 6 atom stereocenters. The van der Waals surface area contributed by atoms with Crippen LogP contribution in [-0.4, -0.2) is 96.7 Å². The Hall–Kier alpha value is -1.94. The minimum absolute atomic E-state index is 0.106. The highest BCUT2D eigenvalue weighted by Gasteiger charge is 2.30. The molecule has 3 N–H and O–H groups in total. The number of unbranched alkanes of at least 4 members (excludes halogenated alkanes) is 35. The quantitative estimate of drug-likeness (QED) is 0.0222. The molecule has 0 saturated carbocycles. The van der Waals surface area contributed by atoms with Crippen molar-refractivity contribution in [3.63, 3.8) is 0 Å². The van der Waals surface area contributed by atoms with Crippen LogP contribution in [0.3, 0.4) is 0 Å². The van der Waals surface area contributed by atoms with Crippen LogP contribution in [0.4, 0.5) is 0 Å². The lowest BCUT2D eigenvalue weighted by molar-refractivity contribution is -0.161. The first kappa shape index (κ1) is 84.1. The number of carbonyl (C=O) groups is 4. The summed E-state index contributed by atoms with van der Waals surface area (Å²) in [4.78, 5) is 72.3. The minimum atomic E-state index is -4.95. The molecule has 0 fully saturated rings.